The first kappa shape index (κ1) is 19.1. The lowest BCUT2D eigenvalue weighted by atomic mass is 10.2. The van der Waals surface area contributed by atoms with E-state index in [0.717, 1.165) is 15.9 Å². The number of H-pyrrole nitrogens is 1. The second kappa shape index (κ2) is 8.41. The molecule has 0 unspecified atom stereocenters. The summed E-state index contributed by atoms with van der Waals surface area (Å²) in [6, 6.07) is 16.6. The Morgan fingerprint density at radius 1 is 1.07 bits per heavy atom. The standard InChI is InChI=1S/C19H15N5O3S2/c25-15(10-24-16(26)13-8-4-5-9-14(13)20-18(24)27)21-17-22-23-19(29-17)28-11-12-6-2-1-3-7-12/h1-9H,10-11H2,(H,20,27)(H,21,22,25). The summed E-state index contributed by atoms with van der Waals surface area (Å²) in [4.78, 5) is 39.6. The van der Waals surface area contributed by atoms with Gasteiger partial charge in [0.25, 0.3) is 5.56 Å². The maximum absolute atomic E-state index is 12.5. The van der Waals surface area contributed by atoms with Crippen LogP contribution in [0, 0.1) is 0 Å². The third kappa shape index (κ3) is 4.44. The van der Waals surface area contributed by atoms with E-state index < -0.39 is 23.7 Å². The highest BCUT2D eigenvalue weighted by molar-refractivity contribution is 8.00. The lowest BCUT2D eigenvalue weighted by Crippen LogP contribution is -2.38. The highest BCUT2D eigenvalue weighted by Crippen LogP contribution is 2.28. The fourth-order valence-corrected chi connectivity index (χ4v) is 4.41. The van der Waals surface area contributed by atoms with Gasteiger partial charge >= 0.3 is 5.69 Å². The van der Waals surface area contributed by atoms with E-state index in [0.29, 0.717) is 20.4 Å². The van der Waals surface area contributed by atoms with Gasteiger partial charge in [-0.2, -0.15) is 0 Å². The lowest BCUT2D eigenvalue weighted by Gasteiger charge is -2.05. The molecule has 2 aromatic heterocycles. The molecule has 29 heavy (non-hydrogen) atoms. The van der Waals surface area contributed by atoms with E-state index in [1.54, 1.807) is 24.3 Å². The molecule has 0 fully saturated rings. The van der Waals surface area contributed by atoms with Gasteiger partial charge in [0, 0.05) is 5.75 Å². The molecule has 0 spiro atoms. The molecule has 0 saturated heterocycles. The molecule has 0 bridgehead atoms. The van der Waals surface area contributed by atoms with Crippen LogP contribution in [0.25, 0.3) is 10.9 Å². The topological polar surface area (TPSA) is 110 Å². The van der Waals surface area contributed by atoms with Crippen LogP contribution in [-0.2, 0) is 17.1 Å². The molecule has 2 N–H and O–H groups in total. The number of fused-ring (bicyclic) bond motifs is 1. The highest BCUT2D eigenvalue weighted by atomic mass is 32.2. The van der Waals surface area contributed by atoms with Crippen molar-refractivity contribution in [2.24, 2.45) is 0 Å². The summed E-state index contributed by atoms with van der Waals surface area (Å²) in [7, 11) is 0. The minimum atomic E-state index is -0.639. The first-order valence-corrected chi connectivity index (χ1v) is 10.4. The molecule has 0 radical (unpaired) electrons. The molecule has 2 heterocycles. The van der Waals surface area contributed by atoms with Crippen LogP contribution in [0.15, 0.2) is 68.5 Å². The highest BCUT2D eigenvalue weighted by Gasteiger charge is 2.13. The summed E-state index contributed by atoms with van der Waals surface area (Å²) in [5.74, 6) is 0.217. The Balaban J connectivity index is 1.43. The zero-order valence-corrected chi connectivity index (χ0v) is 16.6. The van der Waals surface area contributed by atoms with Gasteiger partial charge in [0.2, 0.25) is 11.0 Å². The molecule has 4 aromatic rings. The van der Waals surface area contributed by atoms with Gasteiger partial charge in [-0.3, -0.25) is 19.5 Å². The number of carbonyl (C=O) groups excluding carboxylic acids is 1. The van der Waals surface area contributed by atoms with Crippen molar-refractivity contribution < 1.29 is 4.79 Å². The Kier molecular flexibility index (Phi) is 5.54. The SMILES string of the molecule is O=C(Cn1c(=O)[nH]c2ccccc2c1=O)Nc1nnc(SCc2ccccc2)s1. The van der Waals surface area contributed by atoms with E-state index in [4.69, 9.17) is 0 Å². The normalized spacial score (nSPS) is 10.9. The predicted molar refractivity (Wildman–Crippen MR) is 113 cm³/mol. The third-order valence-electron chi connectivity index (χ3n) is 4.05. The smallest absolute Gasteiger partial charge is 0.307 e. The monoisotopic (exact) mass is 425 g/mol. The summed E-state index contributed by atoms with van der Waals surface area (Å²) >= 11 is 2.75. The van der Waals surface area contributed by atoms with Crippen LogP contribution in [0.3, 0.4) is 0 Å². The average Bonchev–Trinajstić information content (AvgIpc) is 3.17. The van der Waals surface area contributed by atoms with Crippen molar-refractivity contribution in [2.75, 3.05) is 5.32 Å². The van der Waals surface area contributed by atoms with Gasteiger partial charge in [-0.05, 0) is 17.7 Å². The molecule has 0 aliphatic carbocycles. The Morgan fingerprint density at radius 2 is 1.83 bits per heavy atom. The molecule has 10 heteroatoms. The van der Waals surface area contributed by atoms with Gasteiger partial charge in [-0.25, -0.2) is 4.79 Å². The summed E-state index contributed by atoms with van der Waals surface area (Å²) in [6.07, 6.45) is 0. The largest absolute Gasteiger partial charge is 0.329 e. The van der Waals surface area contributed by atoms with Gasteiger partial charge in [0.1, 0.15) is 6.54 Å². The summed E-state index contributed by atoms with van der Waals surface area (Å²) < 4.78 is 1.58. The number of amides is 1. The van der Waals surface area contributed by atoms with Crippen molar-refractivity contribution in [3.05, 3.63) is 81.0 Å². The Morgan fingerprint density at radius 3 is 2.66 bits per heavy atom. The number of para-hydroxylation sites is 1. The minimum absolute atomic E-state index is 0.316. The molecule has 4 rings (SSSR count). The number of nitrogens with one attached hydrogen (secondary N) is 2. The Bertz CT molecular complexity index is 1280. The first-order valence-electron chi connectivity index (χ1n) is 8.62. The minimum Gasteiger partial charge on any atom is -0.307 e. The maximum atomic E-state index is 12.5. The predicted octanol–water partition coefficient (Wildman–Crippen LogP) is 2.47. The van der Waals surface area contributed by atoms with Gasteiger partial charge in [0.15, 0.2) is 4.34 Å². The number of carbonyl (C=O) groups is 1. The van der Waals surface area contributed by atoms with Crippen LogP contribution in [0.5, 0.6) is 0 Å². The quantitative estimate of drug-likeness (QED) is 0.363. The van der Waals surface area contributed by atoms with Crippen LogP contribution in [-0.4, -0.2) is 25.7 Å². The van der Waals surface area contributed by atoms with Gasteiger partial charge in [-0.1, -0.05) is 65.6 Å². The van der Waals surface area contributed by atoms with Gasteiger partial charge in [-0.15, -0.1) is 10.2 Å². The number of thioether (sulfide) groups is 1. The van der Waals surface area contributed by atoms with E-state index >= 15 is 0 Å². The molecule has 0 saturated carbocycles. The van der Waals surface area contributed by atoms with Crippen molar-refractivity contribution in [3.63, 3.8) is 0 Å². The van der Waals surface area contributed by atoms with Crippen LogP contribution in [0.1, 0.15) is 5.56 Å². The summed E-state index contributed by atoms with van der Waals surface area (Å²) in [5.41, 5.74) is 0.438. The van der Waals surface area contributed by atoms with E-state index in [1.807, 2.05) is 30.3 Å². The number of rotatable bonds is 6. The molecule has 146 valence electrons. The molecule has 8 nitrogen and oxygen atoms in total. The van der Waals surface area contributed by atoms with Crippen molar-refractivity contribution >= 4 is 45.0 Å². The van der Waals surface area contributed by atoms with Gasteiger partial charge in [0.05, 0.1) is 10.9 Å². The van der Waals surface area contributed by atoms with Crippen molar-refractivity contribution in [2.45, 2.75) is 16.6 Å². The van der Waals surface area contributed by atoms with Crippen LogP contribution < -0.4 is 16.6 Å². The van der Waals surface area contributed by atoms with Crippen molar-refractivity contribution in [1.29, 1.82) is 0 Å². The number of aromatic nitrogens is 4. The Hall–Kier alpha value is -3.24. The van der Waals surface area contributed by atoms with Gasteiger partial charge < -0.3 is 4.98 Å². The Labute approximate surface area is 172 Å². The maximum Gasteiger partial charge on any atom is 0.329 e. The zero-order chi connectivity index (χ0) is 20.2. The first-order chi connectivity index (χ1) is 14.1. The number of anilines is 1. The summed E-state index contributed by atoms with van der Waals surface area (Å²) in [5, 5.41) is 11.2. The van der Waals surface area contributed by atoms with Crippen LogP contribution in [0.4, 0.5) is 5.13 Å². The van der Waals surface area contributed by atoms with Crippen LogP contribution >= 0.6 is 23.1 Å². The molecule has 0 aliphatic heterocycles. The molecule has 0 atom stereocenters. The number of hydrogen-bond donors (Lipinski definition) is 2. The molecular formula is C19H15N5O3S2. The molecule has 0 aliphatic rings. The fourth-order valence-electron chi connectivity index (χ4n) is 2.68. The molecule has 1 amide bonds. The molecular weight excluding hydrogens is 410 g/mol. The van der Waals surface area contributed by atoms with E-state index in [2.05, 4.69) is 20.5 Å². The number of hydrogen-bond acceptors (Lipinski definition) is 7. The molecule has 2 aromatic carbocycles. The second-order valence-corrected chi connectivity index (χ2v) is 8.26. The van der Waals surface area contributed by atoms with Crippen molar-refractivity contribution in [1.82, 2.24) is 19.7 Å². The van der Waals surface area contributed by atoms with Crippen LogP contribution in [0.2, 0.25) is 0 Å². The average molecular weight is 425 g/mol. The van der Waals surface area contributed by atoms with Crippen molar-refractivity contribution in [3.8, 4) is 0 Å². The number of benzene rings is 2. The lowest BCUT2D eigenvalue weighted by molar-refractivity contribution is -0.116. The van der Waals surface area contributed by atoms with E-state index in [9.17, 15) is 14.4 Å². The number of aromatic amines is 1. The van der Waals surface area contributed by atoms with E-state index in [1.165, 1.54) is 23.1 Å². The number of nitrogens with zero attached hydrogens (tertiary/aromatic N) is 3. The second-order valence-electron chi connectivity index (χ2n) is 6.06. The summed E-state index contributed by atoms with van der Waals surface area (Å²) in [6.45, 7) is -0.412. The fraction of sp³-hybridized carbons (Fsp3) is 0.105. The zero-order valence-electron chi connectivity index (χ0n) is 15.0. The third-order valence-corrected chi connectivity index (χ3v) is 6.09. The van der Waals surface area contributed by atoms with E-state index in [-0.39, 0.29) is 0 Å².